The molecule has 0 saturated carbocycles. The highest BCUT2D eigenvalue weighted by Crippen LogP contribution is 1.98. The Morgan fingerprint density at radius 2 is 2.25 bits per heavy atom. The highest BCUT2D eigenvalue weighted by atomic mass is 14.8. The lowest BCUT2D eigenvalue weighted by molar-refractivity contribution is 0.708. The number of pyridine rings is 1. The molecule has 1 aromatic heterocycles. The first-order valence-electron chi connectivity index (χ1n) is 4.45. The van der Waals surface area contributed by atoms with Crippen LogP contribution in [0, 0.1) is 6.92 Å². The zero-order valence-electron chi connectivity index (χ0n) is 7.80. The molecule has 0 bridgehead atoms. The van der Waals surface area contributed by atoms with Gasteiger partial charge in [-0.15, -0.1) is 0 Å². The summed E-state index contributed by atoms with van der Waals surface area (Å²) in [5.74, 6) is 0. The first-order chi connectivity index (χ1) is 5.83. The molecule has 0 aliphatic heterocycles. The zero-order chi connectivity index (χ0) is 8.81. The summed E-state index contributed by atoms with van der Waals surface area (Å²) in [6, 6.07) is 4.20. The molecule has 0 radical (unpaired) electrons. The third kappa shape index (κ3) is 3.01. The van der Waals surface area contributed by atoms with E-state index >= 15 is 0 Å². The Balaban J connectivity index is 2.37. The van der Waals surface area contributed by atoms with E-state index in [1.165, 1.54) is 11.3 Å². The largest absolute Gasteiger partial charge is 0.317 e. The lowest BCUT2D eigenvalue weighted by Crippen LogP contribution is -2.16. The molecule has 0 atom stereocenters. The van der Waals surface area contributed by atoms with Crippen molar-refractivity contribution >= 4 is 0 Å². The van der Waals surface area contributed by atoms with E-state index in [-0.39, 0.29) is 0 Å². The topological polar surface area (TPSA) is 24.9 Å². The molecule has 0 aliphatic carbocycles. The van der Waals surface area contributed by atoms with E-state index in [1.54, 1.807) is 0 Å². The minimum atomic E-state index is 1.02. The molecule has 2 heteroatoms. The van der Waals surface area contributed by atoms with Crippen LogP contribution in [0.1, 0.15) is 18.2 Å². The highest BCUT2D eigenvalue weighted by Gasteiger charge is 1.92. The fraction of sp³-hybridized carbons (Fsp3) is 0.500. The Bertz CT molecular complexity index is 216. The minimum absolute atomic E-state index is 1.02. The van der Waals surface area contributed by atoms with Gasteiger partial charge in [0.1, 0.15) is 0 Å². The molecule has 12 heavy (non-hydrogen) atoms. The summed E-state index contributed by atoms with van der Waals surface area (Å²) in [6.45, 7) is 6.22. The monoisotopic (exact) mass is 164 g/mol. The molecule has 0 spiro atoms. The van der Waals surface area contributed by atoms with Gasteiger partial charge >= 0.3 is 0 Å². The lowest BCUT2D eigenvalue weighted by Gasteiger charge is -2.01. The maximum atomic E-state index is 4.31. The molecule has 0 aliphatic rings. The Morgan fingerprint density at radius 3 is 2.83 bits per heavy atom. The molecule has 0 saturated heterocycles. The Labute approximate surface area is 74.0 Å². The van der Waals surface area contributed by atoms with Gasteiger partial charge in [-0.25, -0.2) is 0 Å². The number of rotatable bonds is 4. The van der Waals surface area contributed by atoms with Gasteiger partial charge in [-0.2, -0.15) is 0 Å². The fourth-order valence-electron chi connectivity index (χ4n) is 1.04. The van der Waals surface area contributed by atoms with Crippen molar-refractivity contribution in [3.05, 3.63) is 29.6 Å². The van der Waals surface area contributed by atoms with Crippen LogP contribution in [0.3, 0.4) is 0 Å². The number of aromatic nitrogens is 1. The van der Waals surface area contributed by atoms with Crippen LogP contribution in [0.15, 0.2) is 18.3 Å². The zero-order valence-corrected chi connectivity index (χ0v) is 7.80. The third-order valence-electron chi connectivity index (χ3n) is 1.78. The van der Waals surface area contributed by atoms with Crippen molar-refractivity contribution in [3.63, 3.8) is 0 Å². The van der Waals surface area contributed by atoms with Gasteiger partial charge in [0.2, 0.25) is 0 Å². The van der Waals surface area contributed by atoms with Gasteiger partial charge < -0.3 is 5.32 Å². The van der Waals surface area contributed by atoms with Crippen molar-refractivity contribution in [1.82, 2.24) is 10.3 Å². The molecular formula is C10H16N2. The van der Waals surface area contributed by atoms with Crippen LogP contribution in [0.4, 0.5) is 0 Å². The minimum Gasteiger partial charge on any atom is -0.317 e. The van der Waals surface area contributed by atoms with E-state index in [2.05, 4.69) is 36.3 Å². The second kappa shape index (κ2) is 4.88. The molecule has 0 unspecified atom stereocenters. The first-order valence-corrected chi connectivity index (χ1v) is 4.45. The number of hydrogen-bond acceptors (Lipinski definition) is 2. The molecule has 1 N–H and O–H groups in total. The normalized spacial score (nSPS) is 10.2. The van der Waals surface area contributed by atoms with Gasteiger partial charge in [0.05, 0.1) is 0 Å². The number of likely N-dealkylation sites (N-methyl/N-ethyl adjacent to an activating group) is 1. The van der Waals surface area contributed by atoms with Crippen molar-refractivity contribution in [2.24, 2.45) is 0 Å². The van der Waals surface area contributed by atoms with Crippen LogP contribution in [0.25, 0.3) is 0 Å². The van der Waals surface area contributed by atoms with E-state index in [1.807, 2.05) is 6.20 Å². The maximum Gasteiger partial charge on any atom is 0.0416 e. The summed E-state index contributed by atoms with van der Waals surface area (Å²) in [7, 11) is 0. The molecule has 1 aromatic rings. The average Bonchev–Trinajstić information content (AvgIpc) is 2.09. The first kappa shape index (κ1) is 9.20. The van der Waals surface area contributed by atoms with E-state index in [0.29, 0.717) is 0 Å². The molecule has 2 nitrogen and oxygen atoms in total. The summed E-state index contributed by atoms with van der Waals surface area (Å²) < 4.78 is 0. The SMILES string of the molecule is CCNCCc1ccc(C)cn1. The quantitative estimate of drug-likeness (QED) is 0.683. The third-order valence-corrected chi connectivity index (χ3v) is 1.78. The van der Waals surface area contributed by atoms with Crippen molar-refractivity contribution in [2.75, 3.05) is 13.1 Å². The second-order valence-electron chi connectivity index (χ2n) is 2.93. The van der Waals surface area contributed by atoms with Crippen LogP contribution < -0.4 is 5.32 Å². The van der Waals surface area contributed by atoms with E-state index < -0.39 is 0 Å². The number of hydrogen-bond donors (Lipinski definition) is 1. The van der Waals surface area contributed by atoms with Crippen LogP contribution in [0.5, 0.6) is 0 Å². The van der Waals surface area contributed by atoms with Gasteiger partial charge in [0.15, 0.2) is 0 Å². The summed E-state index contributed by atoms with van der Waals surface area (Å²) in [6.07, 6.45) is 2.94. The van der Waals surface area contributed by atoms with Crippen LogP contribution >= 0.6 is 0 Å². The van der Waals surface area contributed by atoms with E-state index in [4.69, 9.17) is 0 Å². The molecule has 1 rings (SSSR count). The van der Waals surface area contributed by atoms with Gasteiger partial charge in [0.25, 0.3) is 0 Å². The summed E-state index contributed by atoms with van der Waals surface area (Å²) >= 11 is 0. The highest BCUT2D eigenvalue weighted by molar-refractivity contribution is 5.12. The Morgan fingerprint density at radius 1 is 1.42 bits per heavy atom. The average molecular weight is 164 g/mol. The summed E-state index contributed by atoms with van der Waals surface area (Å²) in [5, 5.41) is 3.27. The molecule has 66 valence electrons. The Hall–Kier alpha value is -0.890. The standard InChI is InChI=1S/C10H16N2/c1-3-11-7-6-10-5-4-9(2)8-12-10/h4-5,8,11H,3,6-7H2,1-2H3. The number of aryl methyl sites for hydroxylation is 1. The van der Waals surface area contributed by atoms with Crippen LogP contribution in [-0.4, -0.2) is 18.1 Å². The number of nitrogens with zero attached hydrogens (tertiary/aromatic N) is 1. The summed E-state index contributed by atoms with van der Waals surface area (Å²) in [5.41, 5.74) is 2.39. The van der Waals surface area contributed by atoms with Crippen molar-refractivity contribution in [2.45, 2.75) is 20.3 Å². The molecule has 0 aromatic carbocycles. The maximum absolute atomic E-state index is 4.31. The predicted octanol–water partition coefficient (Wildman–Crippen LogP) is 1.54. The molecule has 1 heterocycles. The van der Waals surface area contributed by atoms with Crippen LogP contribution in [-0.2, 0) is 6.42 Å². The van der Waals surface area contributed by atoms with E-state index in [9.17, 15) is 0 Å². The fourth-order valence-corrected chi connectivity index (χ4v) is 1.04. The smallest absolute Gasteiger partial charge is 0.0416 e. The lowest BCUT2D eigenvalue weighted by atomic mass is 10.2. The van der Waals surface area contributed by atoms with Gasteiger partial charge in [-0.1, -0.05) is 13.0 Å². The van der Waals surface area contributed by atoms with Crippen molar-refractivity contribution in [3.8, 4) is 0 Å². The van der Waals surface area contributed by atoms with Crippen molar-refractivity contribution in [1.29, 1.82) is 0 Å². The second-order valence-corrected chi connectivity index (χ2v) is 2.93. The van der Waals surface area contributed by atoms with Gasteiger partial charge in [0, 0.05) is 24.9 Å². The van der Waals surface area contributed by atoms with Gasteiger partial charge in [-0.3, -0.25) is 4.98 Å². The predicted molar refractivity (Wildman–Crippen MR) is 51.2 cm³/mol. The van der Waals surface area contributed by atoms with Crippen molar-refractivity contribution < 1.29 is 0 Å². The molecule has 0 amide bonds. The molecular weight excluding hydrogens is 148 g/mol. The van der Waals surface area contributed by atoms with E-state index in [0.717, 1.165) is 19.5 Å². The molecule has 0 fully saturated rings. The van der Waals surface area contributed by atoms with Gasteiger partial charge in [-0.05, 0) is 25.1 Å². The Kier molecular flexibility index (Phi) is 3.74. The number of nitrogens with one attached hydrogen (secondary N) is 1. The van der Waals surface area contributed by atoms with Crippen LogP contribution in [0.2, 0.25) is 0 Å². The summed E-state index contributed by atoms with van der Waals surface area (Å²) in [4.78, 5) is 4.31.